The number of nitrogens with zero attached hydrogens (tertiary/aromatic N) is 4. The van der Waals surface area contributed by atoms with Crippen LogP contribution in [0.25, 0.3) is 0 Å². The molecular weight excluding hydrogens is 367 g/mol. The summed E-state index contributed by atoms with van der Waals surface area (Å²) < 4.78 is 0. The van der Waals surface area contributed by atoms with Gasteiger partial charge in [0.05, 0.1) is 11.4 Å². The number of aliphatic imine (C=N–C) groups is 4. The second-order valence-corrected chi connectivity index (χ2v) is 5.96. The summed E-state index contributed by atoms with van der Waals surface area (Å²) in [6.45, 7) is 0. The van der Waals surface area contributed by atoms with E-state index in [4.69, 9.17) is 23.2 Å². The number of rotatable bonds is 4. The van der Waals surface area contributed by atoms with Crippen molar-refractivity contribution in [3.05, 3.63) is 82.8 Å². The van der Waals surface area contributed by atoms with Gasteiger partial charge in [0.15, 0.2) is 0 Å². The summed E-state index contributed by atoms with van der Waals surface area (Å²) in [5, 5.41) is 1.31. The first-order valence-corrected chi connectivity index (χ1v) is 8.39. The average Bonchev–Trinajstić information content (AvgIpc) is 2.66. The third-order valence-electron chi connectivity index (χ3n) is 3.23. The molecule has 0 aliphatic heterocycles. The first kappa shape index (κ1) is 17.8. The Labute approximate surface area is 160 Å². The quantitative estimate of drug-likeness (QED) is 0.428. The Balaban J connectivity index is 1.81. The maximum absolute atomic E-state index is 5.84. The number of benzene rings is 3. The van der Waals surface area contributed by atoms with Crippen molar-refractivity contribution in [2.75, 3.05) is 0 Å². The van der Waals surface area contributed by atoms with E-state index in [0.29, 0.717) is 32.8 Å². The molecule has 26 heavy (non-hydrogen) atoms. The first-order valence-electron chi connectivity index (χ1n) is 7.64. The van der Waals surface area contributed by atoms with Crippen LogP contribution < -0.4 is 0 Å². The summed E-state index contributed by atoms with van der Waals surface area (Å²) in [6, 6.07) is 26.8. The molecule has 0 aromatic heterocycles. The Morgan fingerprint density at radius 2 is 0.885 bits per heavy atom. The van der Waals surface area contributed by atoms with Gasteiger partial charge in [-0.15, -0.1) is 0 Å². The van der Waals surface area contributed by atoms with Gasteiger partial charge in [0.2, 0.25) is 0 Å². The first-order chi connectivity index (χ1) is 12.7. The van der Waals surface area contributed by atoms with Crippen LogP contribution in [0.2, 0.25) is 10.0 Å². The van der Waals surface area contributed by atoms with Gasteiger partial charge in [-0.3, -0.25) is 0 Å². The molecule has 0 amide bonds. The molecule has 0 N–H and O–H groups in total. The lowest BCUT2D eigenvalue weighted by Gasteiger charge is -1.95. The number of hydrogen-bond acceptors (Lipinski definition) is 4. The second-order valence-electron chi connectivity index (χ2n) is 5.09. The highest BCUT2D eigenvalue weighted by Crippen LogP contribution is 2.26. The molecule has 3 aromatic carbocycles. The summed E-state index contributed by atoms with van der Waals surface area (Å²) in [6.07, 6.45) is 0. The van der Waals surface area contributed by atoms with E-state index in [1.165, 1.54) is 0 Å². The zero-order valence-electron chi connectivity index (χ0n) is 13.5. The molecule has 0 saturated carbocycles. The fraction of sp³-hybridized carbons (Fsp3) is 0. The van der Waals surface area contributed by atoms with Crippen molar-refractivity contribution in [2.24, 2.45) is 20.0 Å². The summed E-state index contributed by atoms with van der Waals surface area (Å²) in [4.78, 5) is 16.7. The average molecular weight is 379 g/mol. The maximum Gasteiger partial charge on any atom is 0.101 e. The number of para-hydroxylation sites is 2. The molecule has 3 aromatic rings. The van der Waals surface area contributed by atoms with Crippen LogP contribution in [0.1, 0.15) is 0 Å². The van der Waals surface area contributed by atoms with E-state index >= 15 is 0 Å². The SMILES string of the molecule is Clc1ccc(N=C=Nc2ccccc2N=C=Nc2ccc(Cl)cc2)cc1. The molecule has 0 bridgehead atoms. The van der Waals surface area contributed by atoms with Gasteiger partial charge < -0.3 is 0 Å². The van der Waals surface area contributed by atoms with Crippen LogP contribution in [0, 0.1) is 0 Å². The molecule has 0 aliphatic rings. The van der Waals surface area contributed by atoms with Gasteiger partial charge in [-0.25, -0.2) is 0 Å². The molecular formula is C20H12Cl2N4. The van der Waals surface area contributed by atoms with E-state index in [1.54, 1.807) is 48.5 Å². The van der Waals surface area contributed by atoms with E-state index in [1.807, 2.05) is 24.3 Å². The fourth-order valence-corrected chi connectivity index (χ4v) is 2.21. The van der Waals surface area contributed by atoms with E-state index in [0.717, 1.165) is 0 Å². The number of halogens is 2. The van der Waals surface area contributed by atoms with Crippen molar-refractivity contribution in [3.63, 3.8) is 0 Å². The van der Waals surface area contributed by atoms with Crippen molar-refractivity contribution in [1.82, 2.24) is 0 Å². The molecule has 126 valence electrons. The van der Waals surface area contributed by atoms with E-state index in [-0.39, 0.29) is 0 Å². The van der Waals surface area contributed by atoms with Crippen molar-refractivity contribution in [3.8, 4) is 0 Å². The van der Waals surface area contributed by atoms with Gasteiger partial charge in [0.25, 0.3) is 0 Å². The topological polar surface area (TPSA) is 49.4 Å². The predicted molar refractivity (Wildman–Crippen MR) is 108 cm³/mol. The largest absolute Gasteiger partial charge is 0.188 e. The van der Waals surface area contributed by atoms with Crippen LogP contribution in [0.4, 0.5) is 22.7 Å². The van der Waals surface area contributed by atoms with E-state index < -0.39 is 0 Å². The lowest BCUT2D eigenvalue weighted by molar-refractivity contribution is 1.44. The molecule has 6 heteroatoms. The van der Waals surface area contributed by atoms with Crippen LogP contribution >= 0.6 is 23.2 Å². The maximum atomic E-state index is 5.84. The Morgan fingerprint density at radius 1 is 0.500 bits per heavy atom. The summed E-state index contributed by atoms with van der Waals surface area (Å²) in [5.74, 6) is 0. The van der Waals surface area contributed by atoms with Gasteiger partial charge >= 0.3 is 0 Å². The van der Waals surface area contributed by atoms with Crippen molar-refractivity contribution >= 4 is 58.0 Å². The molecule has 0 atom stereocenters. The Kier molecular flexibility index (Phi) is 6.10. The monoisotopic (exact) mass is 378 g/mol. The van der Waals surface area contributed by atoms with E-state index in [2.05, 4.69) is 32.0 Å². The summed E-state index contributed by atoms with van der Waals surface area (Å²) >= 11 is 11.7. The van der Waals surface area contributed by atoms with Crippen molar-refractivity contribution in [1.29, 1.82) is 0 Å². The fourth-order valence-electron chi connectivity index (χ4n) is 1.96. The molecule has 0 fully saturated rings. The third kappa shape index (κ3) is 5.25. The molecule has 0 radical (unpaired) electrons. The smallest absolute Gasteiger partial charge is 0.101 e. The molecule has 3 rings (SSSR count). The molecule has 0 unspecified atom stereocenters. The lowest BCUT2D eigenvalue weighted by Crippen LogP contribution is -1.69. The van der Waals surface area contributed by atoms with Gasteiger partial charge in [0.1, 0.15) is 23.4 Å². The van der Waals surface area contributed by atoms with Gasteiger partial charge in [-0.1, -0.05) is 35.3 Å². The van der Waals surface area contributed by atoms with E-state index in [9.17, 15) is 0 Å². The number of hydrogen-bond donors (Lipinski definition) is 0. The van der Waals surface area contributed by atoms with Crippen LogP contribution in [0.5, 0.6) is 0 Å². The van der Waals surface area contributed by atoms with Crippen LogP contribution in [0.15, 0.2) is 92.8 Å². The summed E-state index contributed by atoms with van der Waals surface area (Å²) in [5.41, 5.74) is 2.65. The van der Waals surface area contributed by atoms with Gasteiger partial charge in [0, 0.05) is 10.0 Å². The Hall–Kier alpha value is -3.00. The molecule has 4 nitrogen and oxygen atoms in total. The minimum absolute atomic E-state index is 0.615. The molecule has 0 heterocycles. The highest BCUT2D eigenvalue weighted by Gasteiger charge is 1.96. The highest BCUT2D eigenvalue weighted by atomic mass is 35.5. The zero-order valence-corrected chi connectivity index (χ0v) is 15.0. The van der Waals surface area contributed by atoms with Crippen LogP contribution in [-0.2, 0) is 0 Å². The lowest BCUT2D eigenvalue weighted by atomic mass is 10.3. The van der Waals surface area contributed by atoms with Crippen molar-refractivity contribution in [2.45, 2.75) is 0 Å². The second kappa shape index (κ2) is 8.91. The van der Waals surface area contributed by atoms with Crippen LogP contribution in [0.3, 0.4) is 0 Å². The van der Waals surface area contributed by atoms with Gasteiger partial charge in [-0.05, 0) is 60.7 Å². The minimum atomic E-state index is 0.615. The van der Waals surface area contributed by atoms with Crippen molar-refractivity contribution < 1.29 is 0 Å². The Bertz CT molecular complexity index is 928. The molecule has 0 spiro atoms. The molecule has 0 saturated heterocycles. The minimum Gasteiger partial charge on any atom is -0.188 e. The summed E-state index contributed by atoms with van der Waals surface area (Å²) in [7, 11) is 0. The zero-order chi connectivity index (χ0) is 18.2. The normalized spacial score (nSPS) is 9.62. The third-order valence-corrected chi connectivity index (χ3v) is 3.74. The standard InChI is InChI=1S/C20H12Cl2N4/c21-15-5-9-17(10-6-15)23-13-25-19-3-1-2-4-20(19)26-14-24-18-11-7-16(22)8-12-18/h1-12H. The van der Waals surface area contributed by atoms with Gasteiger partial charge in [-0.2, -0.15) is 20.0 Å². The Morgan fingerprint density at radius 3 is 1.27 bits per heavy atom. The van der Waals surface area contributed by atoms with Crippen LogP contribution in [-0.4, -0.2) is 12.0 Å². The highest BCUT2D eigenvalue weighted by molar-refractivity contribution is 6.30. The predicted octanol–water partition coefficient (Wildman–Crippen LogP) is 7.27. The molecule has 0 aliphatic carbocycles.